The Hall–Kier alpha value is -1.15. The molecule has 0 fully saturated rings. The molecule has 1 rings (SSSR count). The summed E-state index contributed by atoms with van der Waals surface area (Å²) in [4.78, 5) is 10.7. The van der Waals surface area contributed by atoms with Crippen LogP contribution in [-0.2, 0) is 11.2 Å². The summed E-state index contributed by atoms with van der Waals surface area (Å²) in [7, 11) is 0. The molecule has 0 heterocycles. The summed E-state index contributed by atoms with van der Waals surface area (Å²) in [6, 6.07) is 9.98. The van der Waals surface area contributed by atoms with Gasteiger partial charge in [0.1, 0.15) is 6.29 Å². The second-order valence-corrected chi connectivity index (χ2v) is 4.48. The average Bonchev–Trinajstić information content (AvgIpc) is 2.27. The third-order valence-electron chi connectivity index (χ3n) is 2.71. The van der Waals surface area contributed by atoms with E-state index in [0.29, 0.717) is 6.42 Å². The second kappa shape index (κ2) is 5.08. The molecule has 1 aromatic carbocycles. The lowest BCUT2D eigenvalue weighted by Gasteiger charge is -2.24. The molecule has 0 spiro atoms. The van der Waals surface area contributed by atoms with E-state index in [4.69, 9.17) is 0 Å². The molecule has 82 valence electrons. The van der Waals surface area contributed by atoms with E-state index in [0.717, 1.165) is 12.7 Å². The summed E-state index contributed by atoms with van der Waals surface area (Å²) in [5, 5.41) is 9.81. The number of hydrogen-bond donors (Lipinski definition) is 1. The minimum absolute atomic E-state index is 0.574. The monoisotopic (exact) mass is 206 g/mol. The van der Waals surface area contributed by atoms with Crippen LogP contribution >= 0.6 is 0 Å². The topological polar surface area (TPSA) is 37.3 Å². The van der Waals surface area contributed by atoms with Gasteiger partial charge in [0.05, 0.1) is 6.10 Å². The van der Waals surface area contributed by atoms with E-state index in [1.807, 2.05) is 30.3 Å². The molecule has 2 heteroatoms. The normalized spacial score (nSPS) is 13.5. The van der Waals surface area contributed by atoms with Gasteiger partial charge in [-0.1, -0.05) is 44.2 Å². The molecule has 2 nitrogen and oxygen atoms in total. The highest BCUT2D eigenvalue weighted by molar-refractivity contribution is 5.58. The van der Waals surface area contributed by atoms with Gasteiger partial charge < -0.3 is 9.90 Å². The molecule has 0 bridgehead atoms. The first-order chi connectivity index (χ1) is 7.06. The van der Waals surface area contributed by atoms with Gasteiger partial charge in [0.25, 0.3) is 0 Å². The minimum Gasteiger partial charge on any atom is -0.392 e. The molecule has 1 aromatic rings. The molecule has 15 heavy (non-hydrogen) atoms. The van der Waals surface area contributed by atoms with Crippen molar-refractivity contribution in [2.45, 2.75) is 32.8 Å². The first kappa shape index (κ1) is 11.9. The fourth-order valence-corrected chi connectivity index (χ4v) is 1.40. The number of carbonyl (C=O) groups is 1. The van der Waals surface area contributed by atoms with Gasteiger partial charge in [0, 0.05) is 5.41 Å². The molecule has 0 aliphatic rings. The van der Waals surface area contributed by atoms with Crippen molar-refractivity contribution in [3.63, 3.8) is 0 Å². The Labute approximate surface area is 90.9 Å². The molecule has 1 atom stereocenters. The standard InChI is InChI=1S/C13H18O2/c1-13(2,10-14)12(15)9-8-11-6-4-3-5-7-11/h3-7,10,12,15H,8-9H2,1-2H3/t12-/m1/s1. The van der Waals surface area contributed by atoms with Crippen molar-refractivity contribution in [3.8, 4) is 0 Å². The predicted molar refractivity (Wildman–Crippen MR) is 60.6 cm³/mol. The van der Waals surface area contributed by atoms with Crippen molar-refractivity contribution in [2.24, 2.45) is 5.41 Å². The van der Waals surface area contributed by atoms with Crippen LogP contribution in [0.1, 0.15) is 25.8 Å². The average molecular weight is 206 g/mol. The first-order valence-corrected chi connectivity index (χ1v) is 5.24. The third kappa shape index (κ3) is 3.48. The van der Waals surface area contributed by atoms with Crippen LogP contribution in [0.4, 0.5) is 0 Å². The Bertz CT molecular complexity index is 304. The molecule has 0 aliphatic carbocycles. The van der Waals surface area contributed by atoms with E-state index in [9.17, 15) is 9.90 Å². The summed E-state index contributed by atoms with van der Waals surface area (Å²) >= 11 is 0. The van der Waals surface area contributed by atoms with E-state index in [1.54, 1.807) is 13.8 Å². The zero-order valence-corrected chi connectivity index (χ0v) is 9.31. The fourth-order valence-electron chi connectivity index (χ4n) is 1.40. The van der Waals surface area contributed by atoms with Crippen molar-refractivity contribution in [1.29, 1.82) is 0 Å². The second-order valence-electron chi connectivity index (χ2n) is 4.48. The lowest BCUT2D eigenvalue weighted by atomic mass is 9.85. The summed E-state index contributed by atoms with van der Waals surface area (Å²) in [6.07, 6.45) is 1.67. The van der Waals surface area contributed by atoms with E-state index in [-0.39, 0.29) is 0 Å². The van der Waals surface area contributed by atoms with E-state index >= 15 is 0 Å². The lowest BCUT2D eigenvalue weighted by Crippen LogP contribution is -2.31. The molecular formula is C13H18O2. The van der Waals surface area contributed by atoms with Crippen molar-refractivity contribution in [1.82, 2.24) is 0 Å². The van der Waals surface area contributed by atoms with Gasteiger partial charge in [-0.15, -0.1) is 0 Å². The van der Waals surface area contributed by atoms with E-state index in [2.05, 4.69) is 0 Å². The Morgan fingerprint density at radius 1 is 1.33 bits per heavy atom. The maximum atomic E-state index is 10.7. The molecule has 1 N–H and O–H groups in total. The predicted octanol–water partition coefficient (Wildman–Crippen LogP) is 2.21. The first-order valence-electron chi connectivity index (χ1n) is 5.24. The Kier molecular flexibility index (Phi) is 4.04. The van der Waals surface area contributed by atoms with Crippen LogP contribution in [0.3, 0.4) is 0 Å². The number of rotatable bonds is 5. The third-order valence-corrected chi connectivity index (χ3v) is 2.71. The number of aliphatic hydroxyl groups excluding tert-OH is 1. The van der Waals surface area contributed by atoms with E-state index in [1.165, 1.54) is 5.56 Å². The van der Waals surface area contributed by atoms with E-state index < -0.39 is 11.5 Å². The van der Waals surface area contributed by atoms with Gasteiger partial charge in [-0.2, -0.15) is 0 Å². The molecule has 0 unspecified atom stereocenters. The fraction of sp³-hybridized carbons (Fsp3) is 0.462. The van der Waals surface area contributed by atoms with Gasteiger partial charge in [-0.25, -0.2) is 0 Å². The number of carbonyl (C=O) groups excluding carboxylic acids is 1. The Morgan fingerprint density at radius 3 is 2.47 bits per heavy atom. The maximum absolute atomic E-state index is 10.7. The smallest absolute Gasteiger partial charge is 0.128 e. The van der Waals surface area contributed by atoms with Gasteiger partial charge >= 0.3 is 0 Å². The number of aryl methyl sites for hydroxylation is 1. The molecule has 0 saturated carbocycles. The summed E-state index contributed by atoms with van der Waals surface area (Å²) in [5.74, 6) is 0. The van der Waals surface area contributed by atoms with Crippen LogP contribution < -0.4 is 0 Å². The summed E-state index contributed by atoms with van der Waals surface area (Å²) in [5.41, 5.74) is 0.549. The zero-order valence-electron chi connectivity index (χ0n) is 9.31. The van der Waals surface area contributed by atoms with Crippen LogP contribution in [0.15, 0.2) is 30.3 Å². The zero-order chi connectivity index (χ0) is 11.3. The summed E-state index contributed by atoms with van der Waals surface area (Å²) in [6.45, 7) is 3.52. The SMILES string of the molecule is CC(C)(C=O)[C@H](O)CCc1ccccc1. The number of aliphatic hydroxyl groups is 1. The van der Waals surface area contributed by atoms with Crippen LogP contribution in [0.2, 0.25) is 0 Å². The highest BCUT2D eigenvalue weighted by Gasteiger charge is 2.26. The molecule has 0 saturated heterocycles. The van der Waals surface area contributed by atoms with Crippen LogP contribution in [-0.4, -0.2) is 17.5 Å². The van der Waals surface area contributed by atoms with Crippen LogP contribution in [0.25, 0.3) is 0 Å². The van der Waals surface area contributed by atoms with Crippen LogP contribution in [0, 0.1) is 5.41 Å². The molecule has 0 aliphatic heterocycles. The molecule has 0 radical (unpaired) electrons. The number of benzene rings is 1. The van der Waals surface area contributed by atoms with Gasteiger partial charge in [0.2, 0.25) is 0 Å². The van der Waals surface area contributed by atoms with Crippen molar-refractivity contribution < 1.29 is 9.90 Å². The van der Waals surface area contributed by atoms with Gasteiger partial charge in [0.15, 0.2) is 0 Å². The van der Waals surface area contributed by atoms with Crippen molar-refractivity contribution in [3.05, 3.63) is 35.9 Å². The van der Waals surface area contributed by atoms with Crippen molar-refractivity contribution >= 4 is 6.29 Å². The maximum Gasteiger partial charge on any atom is 0.128 e. The molecular weight excluding hydrogens is 188 g/mol. The Balaban J connectivity index is 2.48. The number of aldehydes is 1. The lowest BCUT2D eigenvalue weighted by molar-refractivity contribution is -0.120. The molecule has 0 aromatic heterocycles. The van der Waals surface area contributed by atoms with Crippen LogP contribution in [0.5, 0.6) is 0 Å². The largest absolute Gasteiger partial charge is 0.392 e. The van der Waals surface area contributed by atoms with Gasteiger partial charge in [-0.3, -0.25) is 0 Å². The summed E-state index contributed by atoms with van der Waals surface area (Å²) < 4.78 is 0. The molecule has 0 amide bonds. The van der Waals surface area contributed by atoms with Gasteiger partial charge in [-0.05, 0) is 18.4 Å². The highest BCUT2D eigenvalue weighted by Crippen LogP contribution is 2.21. The highest BCUT2D eigenvalue weighted by atomic mass is 16.3. The quantitative estimate of drug-likeness (QED) is 0.750. The van der Waals surface area contributed by atoms with Crippen molar-refractivity contribution in [2.75, 3.05) is 0 Å². The Morgan fingerprint density at radius 2 is 1.93 bits per heavy atom. The minimum atomic E-state index is -0.644. The number of hydrogen-bond acceptors (Lipinski definition) is 2.